The van der Waals surface area contributed by atoms with Crippen LogP contribution in [0.1, 0.15) is 76.3 Å². The zero-order valence-electron chi connectivity index (χ0n) is 25.0. The maximum Gasteiger partial charge on any atom is 0.210 e. The van der Waals surface area contributed by atoms with Crippen molar-refractivity contribution < 1.29 is 9.53 Å². The number of Topliss-reactive ketones (excluding diaryl/α,β-unsaturated/α-hetero) is 1. The highest BCUT2D eigenvalue weighted by molar-refractivity contribution is 5.94. The topological polar surface area (TPSA) is 32.5 Å². The van der Waals surface area contributed by atoms with Gasteiger partial charge in [0.1, 0.15) is 24.6 Å². The second-order valence-corrected chi connectivity index (χ2v) is 13.1. The van der Waals surface area contributed by atoms with E-state index in [0.717, 1.165) is 74.5 Å². The summed E-state index contributed by atoms with van der Waals surface area (Å²) in [4.78, 5) is 14.4. The summed E-state index contributed by atoms with van der Waals surface area (Å²) in [7, 11) is 0. The van der Waals surface area contributed by atoms with Gasteiger partial charge in [-0.15, -0.1) is 0 Å². The average molecular weight is 566 g/mol. The van der Waals surface area contributed by atoms with Gasteiger partial charge < -0.3 is 9.64 Å². The smallest absolute Gasteiger partial charge is 0.210 e. The second kappa shape index (κ2) is 9.67. The molecule has 4 aromatic rings. The van der Waals surface area contributed by atoms with Gasteiger partial charge in [0.2, 0.25) is 5.36 Å². The monoisotopic (exact) mass is 565 g/mol. The molecule has 5 heterocycles. The van der Waals surface area contributed by atoms with E-state index in [1.165, 1.54) is 86.5 Å². The van der Waals surface area contributed by atoms with E-state index in [0.29, 0.717) is 0 Å². The zero-order chi connectivity index (χ0) is 28.7. The summed E-state index contributed by atoms with van der Waals surface area (Å²) >= 11 is 0. The van der Waals surface area contributed by atoms with Gasteiger partial charge in [-0.1, -0.05) is 48.5 Å². The molecule has 0 bridgehead atoms. The minimum atomic E-state index is 0.101. The third-order valence-corrected chi connectivity index (χ3v) is 10.5. The van der Waals surface area contributed by atoms with Crippen molar-refractivity contribution >= 4 is 17.0 Å². The van der Waals surface area contributed by atoms with Crippen LogP contribution >= 0.6 is 0 Å². The summed E-state index contributed by atoms with van der Waals surface area (Å²) in [6, 6.07) is 22.0. The SMILES string of the molecule is CC(=O)c1ccc(-c2ccc(C3=c4cc5c6c(c4Oc4c3cc3c7c4CCCN7CCC3)CCC[N+]=6CCC5)cc2)cc1. The van der Waals surface area contributed by atoms with Crippen molar-refractivity contribution in [3.63, 3.8) is 0 Å². The molecule has 0 N–H and O–H groups in total. The molecule has 4 aromatic carbocycles. The lowest BCUT2D eigenvalue weighted by atomic mass is 9.82. The summed E-state index contributed by atoms with van der Waals surface area (Å²) in [5.74, 6) is 2.32. The van der Waals surface area contributed by atoms with E-state index in [1.54, 1.807) is 6.92 Å². The third kappa shape index (κ3) is 3.88. The number of carbonyl (C=O) groups is 1. The molecule has 5 aliphatic heterocycles. The molecular weight excluding hydrogens is 528 g/mol. The van der Waals surface area contributed by atoms with E-state index in [4.69, 9.17) is 4.74 Å². The van der Waals surface area contributed by atoms with E-state index in [9.17, 15) is 4.79 Å². The number of carbonyl (C=O) groups excluding carboxylic acids is 1. The van der Waals surface area contributed by atoms with Gasteiger partial charge in [-0.25, -0.2) is 4.58 Å². The predicted octanol–water partition coefficient (Wildman–Crippen LogP) is 5.99. The molecule has 0 fully saturated rings. The maximum absolute atomic E-state index is 11.8. The molecule has 9 rings (SSSR count). The molecule has 0 spiro atoms. The van der Waals surface area contributed by atoms with Crippen LogP contribution in [0, 0.1) is 0 Å². The Morgan fingerprint density at radius 1 is 0.721 bits per heavy atom. The number of benzene rings is 4. The minimum Gasteiger partial charge on any atom is -0.455 e. The fourth-order valence-electron chi connectivity index (χ4n) is 8.55. The van der Waals surface area contributed by atoms with Crippen LogP contribution in [0.15, 0.2) is 60.7 Å². The number of fused-ring (bicyclic) bond motifs is 4. The number of hydrogen-bond acceptors (Lipinski definition) is 3. The highest BCUT2D eigenvalue weighted by atomic mass is 16.5. The summed E-state index contributed by atoms with van der Waals surface area (Å²) in [5, 5.41) is 2.75. The van der Waals surface area contributed by atoms with Gasteiger partial charge >= 0.3 is 0 Å². The van der Waals surface area contributed by atoms with Crippen molar-refractivity contribution in [3.05, 3.63) is 110 Å². The van der Waals surface area contributed by atoms with E-state index < -0.39 is 0 Å². The van der Waals surface area contributed by atoms with Crippen molar-refractivity contribution in [2.75, 3.05) is 31.1 Å². The van der Waals surface area contributed by atoms with Crippen LogP contribution in [0.3, 0.4) is 0 Å². The van der Waals surface area contributed by atoms with Crippen LogP contribution < -0.4 is 24.8 Å². The number of rotatable bonds is 3. The third-order valence-electron chi connectivity index (χ3n) is 10.5. The van der Waals surface area contributed by atoms with Gasteiger partial charge in [-0.05, 0) is 79.8 Å². The summed E-state index contributed by atoms with van der Waals surface area (Å²) in [6.45, 7) is 6.27. The quantitative estimate of drug-likeness (QED) is 0.199. The maximum atomic E-state index is 11.8. The van der Waals surface area contributed by atoms with Crippen LogP contribution in [0.2, 0.25) is 0 Å². The van der Waals surface area contributed by atoms with Crippen LogP contribution in [-0.2, 0) is 25.7 Å². The first-order chi connectivity index (χ1) is 21.1. The number of anilines is 1. The lowest BCUT2D eigenvalue weighted by molar-refractivity contribution is 0.101. The molecule has 4 heteroatoms. The largest absolute Gasteiger partial charge is 0.455 e. The molecule has 214 valence electrons. The van der Waals surface area contributed by atoms with Crippen molar-refractivity contribution in [1.29, 1.82) is 0 Å². The molecular formula is C39H37N2O2+. The number of hydrogen-bond donors (Lipinski definition) is 0. The molecule has 0 amide bonds. The first-order valence-electron chi connectivity index (χ1n) is 16.3. The van der Waals surface area contributed by atoms with E-state index >= 15 is 0 Å². The molecule has 0 saturated carbocycles. The van der Waals surface area contributed by atoms with E-state index in [-0.39, 0.29) is 5.78 Å². The fourth-order valence-corrected chi connectivity index (χ4v) is 8.55. The van der Waals surface area contributed by atoms with E-state index in [2.05, 4.69) is 58.0 Å². The van der Waals surface area contributed by atoms with Crippen LogP contribution in [0.5, 0.6) is 11.5 Å². The van der Waals surface area contributed by atoms with Crippen molar-refractivity contribution in [3.8, 4) is 22.6 Å². The number of ketones is 1. The summed E-state index contributed by atoms with van der Waals surface area (Å²) in [6.07, 6.45) is 9.30. The molecule has 0 aliphatic carbocycles. The zero-order valence-corrected chi connectivity index (χ0v) is 25.0. The van der Waals surface area contributed by atoms with Crippen molar-refractivity contribution in [1.82, 2.24) is 4.58 Å². The molecule has 0 aromatic heterocycles. The number of aryl methyl sites for hydroxylation is 2. The molecule has 0 atom stereocenters. The summed E-state index contributed by atoms with van der Waals surface area (Å²) < 4.78 is 9.82. The molecule has 0 saturated heterocycles. The Hall–Kier alpha value is -4.18. The van der Waals surface area contributed by atoms with E-state index in [1.807, 2.05) is 12.1 Å². The standard InChI is InChI=1S/C39H37N2O2/c1-24(42)25-10-12-26(13-11-25)27-14-16-28(17-15-27)35-33-22-29-6-2-18-40-20-4-8-31(36(29)40)38(33)43-39-32-9-5-21-41-19-3-7-30(37(32)41)23-34(35)39/h10-17,22-23H,2-9,18-21H2,1H3/q+1. The Balaban J connectivity index is 1.29. The lowest BCUT2D eigenvalue weighted by Crippen LogP contribution is -2.45. The normalized spacial score (nSPS) is 17.8. The Morgan fingerprint density at radius 2 is 1.37 bits per heavy atom. The van der Waals surface area contributed by atoms with Gasteiger partial charge in [0, 0.05) is 64.7 Å². The lowest BCUT2D eigenvalue weighted by Gasteiger charge is -2.39. The van der Waals surface area contributed by atoms with Crippen LogP contribution in [0.25, 0.3) is 16.7 Å². The molecule has 43 heavy (non-hydrogen) atoms. The second-order valence-electron chi connectivity index (χ2n) is 13.1. The predicted molar refractivity (Wildman–Crippen MR) is 172 cm³/mol. The Morgan fingerprint density at radius 3 is 2.14 bits per heavy atom. The van der Waals surface area contributed by atoms with Gasteiger partial charge in [0.25, 0.3) is 0 Å². The van der Waals surface area contributed by atoms with Gasteiger partial charge in [-0.3, -0.25) is 4.79 Å². The Labute approximate surface area is 252 Å². The summed E-state index contributed by atoms with van der Waals surface area (Å²) in [5.41, 5.74) is 14.2. The molecule has 0 radical (unpaired) electrons. The Bertz CT molecular complexity index is 1960. The van der Waals surface area contributed by atoms with Gasteiger partial charge in [-0.2, -0.15) is 0 Å². The van der Waals surface area contributed by atoms with Gasteiger partial charge in [0.05, 0.1) is 5.56 Å². The molecule has 0 unspecified atom stereocenters. The fraction of sp³-hybridized carbons (Fsp3) is 0.333. The van der Waals surface area contributed by atoms with Gasteiger partial charge in [0.15, 0.2) is 5.78 Å². The molecule has 4 nitrogen and oxygen atoms in total. The van der Waals surface area contributed by atoms with Crippen molar-refractivity contribution in [2.45, 2.75) is 58.3 Å². The molecule has 5 aliphatic rings. The Kier molecular flexibility index (Phi) is 5.70. The average Bonchev–Trinajstić information content (AvgIpc) is 3.05. The first kappa shape index (κ1) is 25.3. The number of ether oxygens (including phenoxy) is 1. The van der Waals surface area contributed by atoms with Crippen LogP contribution in [-0.4, -0.2) is 32.0 Å². The minimum absolute atomic E-state index is 0.101. The first-order valence-corrected chi connectivity index (χ1v) is 16.3. The van der Waals surface area contributed by atoms with Crippen molar-refractivity contribution in [2.24, 2.45) is 0 Å². The number of nitrogens with zero attached hydrogens (tertiary/aromatic N) is 2. The van der Waals surface area contributed by atoms with Crippen LogP contribution in [0.4, 0.5) is 5.69 Å². The highest BCUT2D eigenvalue weighted by Gasteiger charge is 2.35. The highest BCUT2D eigenvalue weighted by Crippen LogP contribution is 2.48.